The van der Waals surface area contributed by atoms with Gasteiger partial charge in [-0.05, 0) is 6.92 Å². The van der Waals surface area contributed by atoms with Crippen LogP contribution >= 0.6 is 15.4 Å². The first kappa shape index (κ1) is 37.5. The van der Waals surface area contributed by atoms with E-state index >= 15 is 0 Å². The molecule has 44 heavy (non-hydrogen) atoms. The number of hydrogen-bond acceptors (Lipinski definition) is 18. The number of carbonyl (C=O) groups excluding carboxylic acids is 4. The maximum atomic E-state index is 13.5. The van der Waals surface area contributed by atoms with Crippen LogP contribution in [0.5, 0.6) is 0 Å². The lowest BCUT2D eigenvalue weighted by Crippen LogP contribution is -2.56. The Kier molecular flexibility index (Phi) is 12.5. The molecule has 10 atom stereocenters. The lowest BCUT2D eigenvalue weighted by atomic mass is 9.94. The summed E-state index contributed by atoms with van der Waals surface area (Å²) in [5.41, 5.74) is 0.324. The lowest BCUT2D eigenvalue weighted by Gasteiger charge is -2.27. The van der Waals surface area contributed by atoms with E-state index in [1.165, 1.54) is 0 Å². The summed E-state index contributed by atoms with van der Waals surface area (Å²) in [5.74, 6) is -8.24. The average molecular weight is 677 g/mol. The van der Waals surface area contributed by atoms with Gasteiger partial charge in [-0.1, -0.05) is 0 Å². The second-order valence-electron chi connectivity index (χ2n) is 9.30. The van der Waals surface area contributed by atoms with Gasteiger partial charge in [0.1, 0.15) is 42.7 Å². The molecule has 248 valence electrons. The molecule has 1 aromatic heterocycles. The number of Topliss-reactive ketones (excluding diaryl/α,β-unsaturated/α-hetero) is 4. The summed E-state index contributed by atoms with van der Waals surface area (Å²) in [5, 5.41) is 58.6. The lowest BCUT2D eigenvalue weighted by molar-refractivity contribution is -0.148. The fourth-order valence-electron chi connectivity index (χ4n) is 3.85. The second kappa shape index (κ2) is 14.6. The predicted molar refractivity (Wildman–Crippen MR) is 137 cm³/mol. The van der Waals surface area contributed by atoms with Crippen LogP contribution in [-0.4, -0.2) is 135 Å². The molecule has 24 heteroatoms. The maximum absolute atomic E-state index is 13.5. The highest BCUT2D eigenvalue weighted by Crippen LogP contribution is 2.64. The van der Waals surface area contributed by atoms with E-state index < -0.39 is 118 Å². The minimum Gasteiger partial charge on any atom is -0.394 e. The van der Waals surface area contributed by atoms with Crippen LogP contribution in [0, 0.1) is 0 Å². The first-order valence-electron chi connectivity index (χ1n) is 12.0. The van der Waals surface area contributed by atoms with Crippen molar-refractivity contribution >= 4 is 38.6 Å². The Hall–Kier alpha value is -2.66. The van der Waals surface area contributed by atoms with Crippen molar-refractivity contribution in [3.63, 3.8) is 0 Å². The van der Waals surface area contributed by atoms with Crippen LogP contribution < -0.4 is 17.0 Å². The zero-order valence-electron chi connectivity index (χ0n) is 22.3. The number of nitrogens with one attached hydrogen (secondary N) is 1. The largest absolute Gasteiger partial charge is 0.476 e. The Morgan fingerprint density at radius 3 is 2.16 bits per heavy atom. The number of rotatable bonds is 16. The Morgan fingerprint density at radius 2 is 1.66 bits per heavy atom. The van der Waals surface area contributed by atoms with Crippen LogP contribution in [-0.2, 0) is 41.9 Å². The highest BCUT2D eigenvalue weighted by molar-refractivity contribution is 7.66. The van der Waals surface area contributed by atoms with E-state index in [4.69, 9.17) is 20.1 Å². The van der Waals surface area contributed by atoms with Crippen molar-refractivity contribution in [1.29, 1.82) is 0 Å². The molecule has 22 nitrogen and oxygen atoms in total. The van der Waals surface area contributed by atoms with Gasteiger partial charge in [0.25, 0.3) is 11.3 Å². The number of nitrogens with two attached hydrogens (primary N) is 1. The van der Waals surface area contributed by atoms with Crippen molar-refractivity contribution in [2.45, 2.75) is 61.5 Å². The van der Waals surface area contributed by atoms with Crippen LogP contribution in [0.4, 0.5) is 0 Å². The molecule has 1 fully saturated rings. The van der Waals surface area contributed by atoms with E-state index in [0.717, 1.165) is 12.3 Å². The monoisotopic (exact) mass is 677 g/mol. The molecule has 0 aliphatic carbocycles. The second-order valence-corrected chi connectivity index (χ2v) is 12.8. The van der Waals surface area contributed by atoms with Gasteiger partial charge in [-0.2, -0.15) is 0 Å². The number of phosphoric acid groups is 1. The SMILES string of the molecule is CC(=O)C(C(=O)C(=O)C(=O)[C@H](N)[C@@H](O)[C@H](O)[C@H](O)CO)P(=O)(OC[C@H]1O[C@@H](n2ccc(=O)[nH]c2=O)[C@H](O)[C@@H]1O)OP(=O)(O)O. The molecule has 2 rings (SSSR count). The van der Waals surface area contributed by atoms with Gasteiger partial charge in [0.15, 0.2) is 17.7 Å². The summed E-state index contributed by atoms with van der Waals surface area (Å²) >= 11 is 0. The Labute approximate surface area is 244 Å². The number of aromatic nitrogens is 2. The quantitative estimate of drug-likeness (QED) is 0.0441. The fraction of sp³-hybridized carbons (Fsp3) is 0.600. The summed E-state index contributed by atoms with van der Waals surface area (Å²) in [6.45, 7) is -1.98. The zero-order valence-corrected chi connectivity index (χ0v) is 24.0. The number of hydrogen-bond donors (Lipinski definition) is 10. The average Bonchev–Trinajstić information content (AvgIpc) is 3.20. The van der Waals surface area contributed by atoms with Crippen molar-refractivity contribution in [2.75, 3.05) is 13.2 Å². The van der Waals surface area contributed by atoms with Gasteiger partial charge >= 0.3 is 21.1 Å². The summed E-state index contributed by atoms with van der Waals surface area (Å²) in [7, 11) is -11.9. The Bertz CT molecular complexity index is 1470. The number of aromatic amines is 1. The highest BCUT2D eigenvalue weighted by atomic mass is 31.3. The van der Waals surface area contributed by atoms with E-state index in [1.807, 2.05) is 4.98 Å². The summed E-state index contributed by atoms with van der Waals surface area (Å²) in [6, 6.07) is -1.65. The molecule has 1 aliphatic rings. The topological polar surface area (TPSA) is 373 Å². The zero-order chi connectivity index (χ0) is 33.9. The predicted octanol–water partition coefficient (Wildman–Crippen LogP) is -6.46. The Balaban J connectivity index is 2.38. The summed E-state index contributed by atoms with van der Waals surface area (Å²) in [4.78, 5) is 94.1. The van der Waals surface area contributed by atoms with Crippen LogP contribution in [0.1, 0.15) is 13.2 Å². The Morgan fingerprint density at radius 1 is 1.07 bits per heavy atom. The molecule has 11 N–H and O–H groups in total. The van der Waals surface area contributed by atoms with Crippen LogP contribution in [0.3, 0.4) is 0 Å². The van der Waals surface area contributed by atoms with E-state index in [0.29, 0.717) is 11.5 Å². The number of aliphatic hydroxyl groups is 6. The normalized spacial score (nSPS) is 25.3. The van der Waals surface area contributed by atoms with Crippen molar-refractivity contribution < 1.29 is 82.3 Å². The molecule has 0 radical (unpaired) electrons. The first-order valence-corrected chi connectivity index (χ1v) is 15.2. The van der Waals surface area contributed by atoms with E-state index in [-0.39, 0.29) is 0 Å². The van der Waals surface area contributed by atoms with Crippen LogP contribution in [0.25, 0.3) is 0 Å². The molecule has 0 aromatic carbocycles. The van der Waals surface area contributed by atoms with Crippen molar-refractivity contribution in [2.24, 2.45) is 5.73 Å². The van der Waals surface area contributed by atoms with Gasteiger partial charge in [0.2, 0.25) is 11.6 Å². The first-order chi connectivity index (χ1) is 20.2. The number of H-pyrrole nitrogens is 1. The van der Waals surface area contributed by atoms with E-state index in [1.54, 1.807) is 0 Å². The molecule has 1 aliphatic heterocycles. The molecule has 0 bridgehead atoms. The van der Waals surface area contributed by atoms with Crippen molar-refractivity contribution in [1.82, 2.24) is 9.55 Å². The van der Waals surface area contributed by atoms with Gasteiger partial charge in [-0.3, -0.25) is 38.1 Å². The third-order valence-electron chi connectivity index (χ3n) is 6.10. The maximum Gasteiger partial charge on any atom is 0.476 e. The van der Waals surface area contributed by atoms with E-state index in [9.17, 15) is 73.2 Å². The van der Waals surface area contributed by atoms with Crippen molar-refractivity contribution in [3.05, 3.63) is 33.1 Å². The highest BCUT2D eigenvalue weighted by Gasteiger charge is 2.54. The molecule has 1 saturated heterocycles. The molecule has 0 spiro atoms. The van der Waals surface area contributed by atoms with Crippen LogP contribution in [0.2, 0.25) is 0 Å². The third-order valence-corrected chi connectivity index (χ3v) is 9.60. The number of aliphatic hydroxyl groups excluding tert-OH is 6. The van der Waals surface area contributed by atoms with Crippen LogP contribution in [0.15, 0.2) is 21.9 Å². The number of ether oxygens (including phenoxy) is 1. The summed E-state index contributed by atoms with van der Waals surface area (Å²) in [6.07, 6.45) is -13.6. The molecular weight excluding hydrogens is 648 g/mol. The van der Waals surface area contributed by atoms with Gasteiger partial charge < -0.3 is 55.4 Å². The van der Waals surface area contributed by atoms with Gasteiger partial charge in [-0.15, -0.1) is 0 Å². The molecule has 2 heterocycles. The molecule has 0 saturated carbocycles. The number of ketones is 4. The third kappa shape index (κ3) is 8.53. The number of nitrogens with zero attached hydrogens (tertiary/aromatic N) is 1. The van der Waals surface area contributed by atoms with E-state index in [2.05, 4.69) is 4.31 Å². The fourth-order valence-corrected chi connectivity index (χ4v) is 6.95. The molecule has 2 unspecified atom stereocenters. The van der Waals surface area contributed by atoms with Crippen molar-refractivity contribution in [3.8, 4) is 0 Å². The van der Waals surface area contributed by atoms with Gasteiger partial charge in [0.05, 0.1) is 13.2 Å². The van der Waals surface area contributed by atoms with Gasteiger partial charge in [-0.25, -0.2) is 13.7 Å². The number of carbonyl (C=O) groups is 4. The van der Waals surface area contributed by atoms with Gasteiger partial charge in [0, 0.05) is 12.3 Å². The standard InChI is InChI=1S/C20H29N3O19P2/c1-6(25)18(16(33)15(32)14(31)10(21)13(30)11(28)7(26)4-24)43(36,42-44(37,38)39)40-5-8-12(29)17(34)19(41-8)23-3-2-9(27)22-20(23)35/h2-3,7-8,10-13,17-19,24,26,28-30,34H,4-5,21H2,1H3,(H,22,27,35)(H2,37,38,39)/t7-,8-,10-,11-,12-,13-,17-,18?,19-,43?/m1/s1. The molecule has 1 aromatic rings. The minimum absolute atomic E-state index is 0.471. The summed E-state index contributed by atoms with van der Waals surface area (Å²) < 4.78 is 39.9. The minimum atomic E-state index is -5.97. The molecular formula is C20H29N3O19P2. The molecule has 0 amide bonds. The smallest absolute Gasteiger partial charge is 0.394 e.